The molecule has 0 bridgehead atoms. The van der Waals surface area contributed by atoms with E-state index in [0.29, 0.717) is 24.3 Å². The molecule has 2 fully saturated rings. The molecule has 0 radical (unpaired) electrons. The summed E-state index contributed by atoms with van der Waals surface area (Å²) in [6.07, 6.45) is 2.45. The van der Waals surface area contributed by atoms with Crippen LogP contribution in [0.3, 0.4) is 0 Å². The number of nitrogens with one attached hydrogen (secondary N) is 3. The molecular weight excluding hydrogens is 318 g/mol. The topological polar surface area (TPSA) is 90.5 Å². The molecule has 2 unspecified atom stereocenters. The zero-order chi connectivity index (χ0) is 16.4. The van der Waals surface area contributed by atoms with Gasteiger partial charge in [-0.05, 0) is 37.3 Å². The van der Waals surface area contributed by atoms with Gasteiger partial charge >= 0.3 is 5.97 Å². The van der Waals surface area contributed by atoms with Crippen molar-refractivity contribution in [2.24, 2.45) is 5.92 Å². The van der Waals surface area contributed by atoms with Crippen LogP contribution in [0.5, 0.6) is 0 Å². The van der Waals surface area contributed by atoms with Crippen LogP contribution in [0.2, 0.25) is 5.02 Å². The number of carboxylic acid groups (broad SMARTS) is 1. The van der Waals surface area contributed by atoms with E-state index >= 15 is 0 Å². The van der Waals surface area contributed by atoms with Gasteiger partial charge in [-0.25, -0.2) is 10.9 Å². The average Bonchev–Trinajstić information content (AvgIpc) is 3.16. The first-order valence-corrected chi connectivity index (χ1v) is 8.21. The third-order valence-corrected chi connectivity index (χ3v) is 4.97. The van der Waals surface area contributed by atoms with Crippen molar-refractivity contribution < 1.29 is 14.7 Å². The fraction of sp³-hybridized carbons (Fsp3) is 0.500. The zero-order valence-electron chi connectivity index (χ0n) is 12.6. The Bertz CT molecular complexity index is 610. The van der Waals surface area contributed by atoms with Crippen LogP contribution in [-0.4, -0.2) is 29.1 Å². The minimum Gasteiger partial charge on any atom is -0.481 e. The van der Waals surface area contributed by atoms with Gasteiger partial charge in [-0.15, -0.1) is 0 Å². The predicted octanol–water partition coefficient (Wildman–Crippen LogP) is 1.62. The summed E-state index contributed by atoms with van der Waals surface area (Å²) in [6, 6.07) is 7.14. The van der Waals surface area contributed by atoms with E-state index in [1.165, 1.54) is 0 Å². The van der Waals surface area contributed by atoms with Crippen LogP contribution in [0.25, 0.3) is 0 Å². The van der Waals surface area contributed by atoms with Crippen LogP contribution < -0.4 is 16.2 Å². The maximum Gasteiger partial charge on any atom is 0.306 e. The summed E-state index contributed by atoms with van der Waals surface area (Å²) in [5.74, 6) is -1.21. The van der Waals surface area contributed by atoms with E-state index in [1.54, 1.807) is 0 Å². The van der Waals surface area contributed by atoms with E-state index in [4.69, 9.17) is 16.7 Å². The van der Waals surface area contributed by atoms with Crippen molar-refractivity contribution in [2.45, 2.75) is 43.8 Å². The van der Waals surface area contributed by atoms with Gasteiger partial charge in [0.15, 0.2) is 0 Å². The van der Waals surface area contributed by atoms with Gasteiger partial charge in [-0.2, -0.15) is 0 Å². The Morgan fingerprint density at radius 1 is 1.17 bits per heavy atom. The number of rotatable bonds is 4. The van der Waals surface area contributed by atoms with E-state index < -0.39 is 5.97 Å². The number of carbonyl (C=O) groups is 2. The molecule has 1 aromatic carbocycles. The largest absolute Gasteiger partial charge is 0.481 e. The summed E-state index contributed by atoms with van der Waals surface area (Å²) >= 11 is 6.19. The molecule has 1 heterocycles. The maximum absolute atomic E-state index is 12.3. The molecule has 0 spiro atoms. The van der Waals surface area contributed by atoms with Crippen molar-refractivity contribution in [3.63, 3.8) is 0 Å². The Morgan fingerprint density at radius 2 is 1.96 bits per heavy atom. The summed E-state index contributed by atoms with van der Waals surface area (Å²) in [5, 5.41) is 12.6. The quantitative estimate of drug-likeness (QED) is 0.670. The second-order valence-corrected chi connectivity index (χ2v) is 6.61. The Labute approximate surface area is 139 Å². The molecule has 3 rings (SSSR count). The number of benzene rings is 1. The highest BCUT2D eigenvalue weighted by atomic mass is 35.5. The van der Waals surface area contributed by atoms with Gasteiger partial charge in [0.1, 0.15) is 6.04 Å². The molecule has 4 N–H and O–H groups in total. The van der Waals surface area contributed by atoms with E-state index in [-0.39, 0.29) is 30.0 Å². The fourth-order valence-corrected chi connectivity index (χ4v) is 3.60. The maximum atomic E-state index is 12.3. The molecule has 124 valence electrons. The highest BCUT2D eigenvalue weighted by Crippen LogP contribution is 2.29. The van der Waals surface area contributed by atoms with E-state index in [0.717, 1.165) is 12.0 Å². The molecule has 1 amide bonds. The van der Waals surface area contributed by atoms with Crippen molar-refractivity contribution in [2.75, 3.05) is 0 Å². The lowest BCUT2D eigenvalue weighted by Crippen LogP contribution is -2.46. The zero-order valence-corrected chi connectivity index (χ0v) is 13.3. The molecule has 0 aromatic heterocycles. The lowest BCUT2D eigenvalue weighted by molar-refractivity contribution is -0.141. The Balaban J connectivity index is 1.54. The summed E-state index contributed by atoms with van der Waals surface area (Å²) in [6.45, 7) is 0. The number of carbonyl (C=O) groups excluding carboxylic acids is 1. The predicted molar refractivity (Wildman–Crippen MR) is 85.8 cm³/mol. The van der Waals surface area contributed by atoms with Gasteiger partial charge in [-0.3, -0.25) is 9.59 Å². The van der Waals surface area contributed by atoms with Gasteiger partial charge in [0.2, 0.25) is 5.91 Å². The van der Waals surface area contributed by atoms with Crippen molar-refractivity contribution in [1.29, 1.82) is 0 Å². The normalized spacial score (nSPS) is 30.3. The van der Waals surface area contributed by atoms with Gasteiger partial charge in [0.05, 0.1) is 5.92 Å². The first kappa shape index (κ1) is 16.2. The second-order valence-electron chi connectivity index (χ2n) is 6.20. The first-order chi connectivity index (χ1) is 11.0. The molecule has 7 heteroatoms. The summed E-state index contributed by atoms with van der Waals surface area (Å²) in [5.41, 5.74) is 7.07. The van der Waals surface area contributed by atoms with Crippen molar-refractivity contribution in [3.8, 4) is 0 Å². The number of hydrazine groups is 1. The third kappa shape index (κ3) is 3.65. The SMILES string of the molecule is O=C(N[C@H]1CC[C@@H](C(=O)O)C1)C1CC(c2ccccc2Cl)NN1. The number of amides is 1. The molecule has 1 saturated heterocycles. The van der Waals surface area contributed by atoms with Gasteiger partial charge < -0.3 is 10.4 Å². The molecule has 1 aliphatic heterocycles. The summed E-state index contributed by atoms with van der Waals surface area (Å²) in [7, 11) is 0. The van der Waals surface area contributed by atoms with Crippen molar-refractivity contribution >= 4 is 23.5 Å². The standard InChI is InChI=1S/C16H20ClN3O3/c17-12-4-2-1-3-11(12)13-8-14(20-19-13)15(21)18-10-6-5-9(7-10)16(22)23/h1-4,9-10,13-14,19-20H,5-8H2,(H,18,21)(H,22,23)/t9-,10+,13?,14?/m1/s1. The van der Waals surface area contributed by atoms with Crippen LogP contribution in [0.1, 0.15) is 37.3 Å². The molecule has 4 atom stereocenters. The van der Waals surface area contributed by atoms with E-state index in [1.807, 2.05) is 24.3 Å². The van der Waals surface area contributed by atoms with Crippen LogP contribution in [-0.2, 0) is 9.59 Å². The number of aliphatic carboxylic acids is 1. The van der Waals surface area contributed by atoms with Crippen molar-refractivity contribution in [1.82, 2.24) is 16.2 Å². The summed E-state index contributed by atoms with van der Waals surface area (Å²) < 4.78 is 0. The van der Waals surface area contributed by atoms with Crippen LogP contribution >= 0.6 is 11.6 Å². The minimum atomic E-state index is -0.777. The monoisotopic (exact) mass is 337 g/mol. The molecule has 2 aliphatic rings. The van der Waals surface area contributed by atoms with E-state index in [2.05, 4.69) is 16.2 Å². The Hall–Kier alpha value is -1.63. The second kappa shape index (κ2) is 6.86. The van der Waals surface area contributed by atoms with E-state index in [9.17, 15) is 9.59 Å². The molecule has 6 nitrogen and oxygen atoms in total. The van der Waals surface area contributed by atoms with Crippen molar-refractivity contribution in [3.05, 3.63) is 34.9 Å². The third-order valence-electron chi connectivity index (χ3n) is 4.63. The van der Waals surface area contributed by atoms with Gasteiger partial charge in [0, 0.05) is 17.1 Å². The van der Waals surface area contributed by atoms with Crippen LogP contribution in [0.4, 0.5) is 0 Å². The summed E-state index contributed by atoms with van der Waals surface area (Å²) in [4.78, 5) is 23.3. The van der Waals surface area contributed by atoms with Gasteiger partial charge in [0.25, 0.3) is 0 Å². The van der Waals surface area contributed by atoms with Crippen LogP contribution in [0, 0.1) is 5.92 Å². The highest BCUT2D eigenvalue weighted by molar-refractivity contribution is 6.31. The average molecular weight is 338 g/mol. The van der Waals surface area contributed by atoms with Gasteiger partial charge in [-0.1, -0.05) is 29.8 Å². The Kier molecular flexibility index (Phi) is 4.84. The number of hydrogen-bond donors (Lipinski definition) is 4. The molecular formula is C16H20ClN3O3. The number of hydrogen-bond acceptors (Lipinski definition) is 4. The molecule has 23 heavy (non-hydrogen) atoms. The van der Waals surface area contributed by atoms with Crippen LogP contribution in [0.15, 0.2) is 24.3 Å². The fourth-order valence-electron chi connectivity index (χ4n) is 3.33. The number of halogens is 1. The highest BCUT2D eigenvalue weighted by Gasteiger charge is 2.35. The lowest BCUT2D eigenvalue weighted by atomic mass is 10.0. The molecule has 1 saturated carbocycles. The number of carboxylic acids is 1. The first-order valence-electron chi connectivity index (χ1n) is 7.83. The lowest BCUT2D eigenvalue weighted by Gasteiger charge is -2.16. The Morgan fingerprint density at radius 3 is 2.65 bits per heavy atom. The smallest absolute Gasteiger partial charge is 0.306 e. The molecule has 1 aromatic rings. The molecule has 1 aliphatic carbocycles. The minimum absolute atomic E-state index is 0.0187.